The molecule has 0 saturated carbocycles. The molecule has 0 spiro atoms. The van der Waals surface area contributed by atoms with Gasteiger partial charge in [-0.1, -0.05) is 0 Å². The second-order valence-electron chi connectivity index (χ2n) is 11.6. The summed E-state index contributed by atoms with van der Waals surface area (Å²) in [7, 11) is 0. The number of aliphatic hydroxyl groups is 1. The summed E-state index contributed by atoms with van der Waals surface area (Å²) in [6.07, 6.45) is 5.14. The van der Waals surface area contributed by atoms with Crippen molar-refractivity contribution in [3.8, 4) is 0 Å². The first-order valence-electron chi connectivity index (χ1n) is 14.2. The number of piperidine rings is 1. The van der Waals surface area contributed by atoms with Crippen molar-refractivity contribution in [3.63, 3.8) is 0 Å². The number of amides is 2. The van der Waals surface area contributed by atoms with Gasteiger partial charge in [0.15, 0.2) is 5.65 Å². The van der Waals surface area contributed by atoms with Gasteiger partial charge in [-0.15, -0.1) is 0 Å². The van der Waals surface area contributed by atoms with Crippen LogP contribution in [0.3, 0.4) is 0 Å². The van der Waals surface area contributed by atoms with Crippen molar-refractivity contribution in [2.24, 2.45) is 0 Å². The van der Waals surface area contributed by atoms with Crippen LogP contribution in [0.1, 0.15) is 53.0 Å². The number of carbonyl (C=O) groups excluding carboxylic acids is 2. The van der Waals surface area contributed by atoms with Gasteiger partial charge in [0.25, 0.3) is 11.8 Å². The monoisotopic (exact) mass is 565 g/mol. The predicted molar refractivity (Wildman–Crippen MR) is 151 cm³/mol. The molecule has 1 unspecified atom stereocenters. The lowest BCUT2D eigenvalue weighted by Gasteiger charge is -2.41. The third-order valence-electron chi connectivity index (χ3n) is 8.39. The highest BCUT2D eigenvalue weighted by Gasteiger charge is 2.36. The van der Waals surface area contributed by atoms with Gasteiger partial charge in [-0.3, -0.25) is 14.5 Å². The van der Waals surface area contributed by atoms with Gasteiger partial charge in [-0.25, -0.2) is 13.9 Å². The van der Waals surface area contributed by atoms with Crippen molar-refractivity contribution in [1.29, 1.82) is 0 Å². The van der Waals surface area contributed by atoms with Crippen LogP contribution in [-0.4, -0.2) is 105 Å². The van der Waals surface area contributed by atoms with Crippen LogP contribution in [-0.2, 0) is 11.3 Å². The van der Waals surface area contributed by atoms with E-state index in [1.165, 1.54) is 24.9 Å². The first-order chi connectivity index (χ1) is 19.7. The van der Waals surface area contributed by atoms with Gasteiger partial charge in [0.2, 0.25) is 0 Å². The van der Waals surface area contributed by atoms with E-state index < -0.39 is 11.8 Å². The summed E-state index contributed by atoms with van der Waals surface area (Å²) in [5, 5.41) is 17.4. The number of hydrogen-bond donors (Lipinski definition) is 2. The van der Waals surface area contributed by atoms with Crippen molar-refractivity contribution in [3.05, 3.63) is 53.5 Å². The number of halogens is 1. The molecule has 2 N–H and O–H groups in total. The summed E-state index contributed by atoms with van der Waals surface area (Å²) in [5.74, 6) is -0.629. The Labute approximate surface area is 237 Å². The van der Waals surface area contributed by atoms with Crippen LogP contribution in [0.15, 0.2) is 36.8 Å². The number of hydrogen-bond acceptors (Lipinski definition) is 8. The third kappa shape index (κ3) is 5.51. The number of morpholine rings is 1. The molecule has 2 amide bonds. The highest BCUT2D eigenvalue weighted by atomic mass is 19.1. The number of alkyl halides is 1. The van der Waals surface area contributed by atoms with Gasteiger partial charge in [-0.05, 0) is 50.5 Å². The molecule has 6 rings (SSSR count). The van der Waals surface area contributed by atoms with E-state index in [1.807, 2.05) is 12.1 Å². The van der Waals surface area contributed by atoms with Crippen molar-refractivity contribution in [2.45, 2.75) is 51.0 Å². The van der Waals surface area contributed by atoms with Gasteiger partial charge in [-0.2, -0.15) is 5.10 Å². The van der Waals surface area contributed by atoms with Gasteiger partial charge in [0.05, 0.1) is 42.9 Å². The van der Waals surface area contributed by atoms with Crippen LogP contribution >= 0.6 is 0 Å². The van der Waals surface area contributed by atoms with Crippen molar-refractivity contribution in [1.82, 2.24) is 24.4 Å². The molecule has 0 radical (unpaired) electrons. The third-order valence-corrected chi connectivity index (χ3v) is 8.39. The maximum Gasteiger partial charge on any atom is 0.261 e. The molecule has 5 heterocycles. The zero-order valence-corrected chi connectivity index (χ0v) is 23.4. The summed E-state index contributed by atoms with van der Waals surface area (Å²) < 4.78 is 21.8. The Balaban J connectivity index is 1.28. The van der Waals surface area contributed by atoms with Gasteiger partial charge in [0, 0.05) is 56.7 Å². The van der Waals surface area contributed by atoms with Crippen LogP contribution in [0.25, 0.3) is 5.65 Å². The molecule has 1 aromatic carbocycles. The molecule has 2 saturated heterocycles. The van der Waals surface area contributed by atoms with Gasteiger partial charge < -0.3 is 25.0 Å². The molecule has 3 aromatic rings. The maximum absolute atomic E-state index is 14.7. The van der Waals surface area contributed by atoms with E-state index in [0.717, 1.165) is 57.9 Å². The van der Waals surface area contributed by atoms with Crippen LogP contribution in [0.2, 0.25) is 0 Å². The van der Waals surface area contributed by atoms with Crippen LogP contribution in [0.5, 0.6) is 0 Å². The number of anilines is 2. The maximum atomic E-state index is 14.7. The number of nitrogens with zero attached hydrogens (tertiary/aromatic N) is 6. The second kappa shape index (κ2) is 11.0. The molecule has 2 aromatic heterocycles. The number of carbonyl (C=O) groups is 2. The zero-order chi connectivity index (χ0) is 28.7. The Bertz CT molecular complexity index is 1440. The molecule has 41 heavy (non-hydrogen) atoms. The first-order valence-corrected chi connectivity index (χ1v) is 14.2. The van der Waals surface area contributed by atoms with Crippen LogP contribution in [0.4, 0.5) is 15.8 Å². The quantitative estimate of drug-likeness (QED) is 0.449. The van der Waals surface area contributed by atoms with E-state index in [0.29, 0.717) is 34.1 Å². The lowest BCUT2D eigenvalue weighted by Crippen LogP contribution is -2.49. The Kier molecular flexibility index (Phi) is 7.39. The SMILES string of the molecule is CC(C)(O)C(F)CN1Cc2cc(NC(=O)c3cnn4cccnc34)c(N3CCC(N4CCOCC4)CC3)cc2C1=O. The molecule has 11 nitrogen and oxygen atoms in total. The van der Waals surface area contributed by atoms with Crippen molar-refractivity contribution >= 4 is 28.8 Å². The molecule has 0 aliphatic carbocycles. The fourth-order valence-corrected chi connectivity index (χ4v) is 5.93. The first kappa shape index (κ1) is 27.6. The summed E-state index contributed by atoms with van der Waals surface area (Å²) in [4.78, 5) is 37.2. The Morgan fingerprint density at radius 1 is 1.22 bits per heavy atom. The largest absolute Gasteiger partial charge is 0.387 e. The topological polar surface area (TPSA) is 116 Å². The van der Waals surface area contributed by atoms with E-state index >= 15 is 0 Å². The van der Waals surface area contributed by atoms with Crippen LogP contribution in [0, 0.1) is 0 Å². The lowest BCUT2D eigenvalue weighted by atomic mass is 10.00. The van der Waals surface area contributed by atoms with E-state index in [9.17, 15) is 19.1 Å². The summed E-state index contributed by atoms with van der Waals surface area (Å²) >= 11 is 0. The molecule has 3 aliphatic rings. The Morgan fingerprint density at radius 3 is 2.71 bits per heavy atom. The number of rotatable bonds is 7. The summed E-state index contributed by atoms with van der Waals surface area (Å²) in [6.45, 7) is 7.69. The number of fused-ring (bicyclic) bond motifs is 2. The second-order valence-corrected chi connectivity index (χ2v) is 11.6. The average molecular weight is 566 g/mol. The minimum Gasteiger partial charge on any atom is -0.387 e. The number of benzene rings is 1. The summed E-state index contributed by atoms with van der Waals surface area (Å²) in [5.41, 5.74) is 1.77. The molecule has 1 atom stereocenters. The standard InChI is InChI=1S/C29H36FN7O4/c1-29(2,40)25(30)18-36-17-19-14-23(33-27(38)22-16-32-37-7-3-6-31-26(22)37)24(15-21(19)28(36)39)35-8-4-20(5-9-35)34-10-12-41-13-11-34/h3,6-7,14-16,20,25,40H,4-5,8-13,17-18H2,1-2H3,(H,33,38). The Hall–Kier alpha value is -3.61. The zero-order valence-electron chi connectivity index (χ0n) is 23.4. The predicted octanol–water partition coefficient (Wildman–Crippen LogP) is 2.35. The van der Waals surface area contributed by atoms with E-state index in [-0.39, 0.29) is 24.9 Å². The van der Waals surface area contributed by atoms with E-state index in [2.05, 4.69) is 25.2 Å². The highest BCUT2D eigenvalue weighted by molar-refractivity contribution is 6.10. The molecular formula is C29H36FN7O4. The molecule has 12 heteroatoms. The van der Waals surface area contributed by atoms with Crippen molar-refractivity contribution < 1.29 is 23.8 Å². The van der Waals surface area contributed by atoms with Gasteiger partial charge in [0.1, 0.15) is 11.7 Å². The molecule has 0 bridgehead atoms. The number of aromatic nitrogens is 3. The fraction of sp³-hybridized carbons (Fsp3) is 0.517. The van der Waals surface area contributed by atoms with Crippen molar-refractivity contribution in [2.75, 3.05) is 56.2 Å². The summed E-state index contributed by atoms with van der Waals surface area (Å²) in [6, 6.07) is 5.86. The van der Waals surface area contributed by atoms with Crippen LogP contribution < -0.4 is 10.2 Å². The van der Waals surface area contributed by atoms with Gasteiger partial charge >= 0.3 is 0 Å². The smallest absolute Gasteiger partial charge is 0.261 e. The average Bonchev–Trinajstić information content (AvgIpc) is 3.53. The van der Waals surface area contributed by atoms with E-state index in [1.54, 1.807) is 23.0 Å². The number of ether oxygens (including phenoxy) is 1. The highest BCUT2D eigenvalue weighted by Crippen LogP contribution is 2.37. The molecular weight excluding hydrogens is 529 g/mol. The number of nitrogens with one attached hydrogen (secondary N) is 1. The normalized spacial score (nSPS) is 19.6. The Morgan fingerprint density at radius 2 is 1.98 bits per heavy atom. The molecule has 3 aliphatic heterocycles. The minimum absolute atomic E-state index is 0.200. The minimum atomic E-state index is -1.60. The van der Waals surface area contributed by atoms with E-state index in [4.69, 9.17) is 4.74 Å². The molecule has 218 valence electrons. The fourth-order valence-electron chi connectivity index (χ4n) is 5.93. The lowest BCUT2D eigenvalue weighted by molar-refractivity contribution is -0.0159. The molecule has 2 fully saturated rings.